The average molecular weight is 255 g/mol. The Labute approximate surface area is 110 Å². The molecule has 1 aliphatic rings. The molecule has 1 unspecified atom stereocenters. The predicted octanol–water partition coefficient (Wildman–Crippen LogP) is 3.07. The number of aromatic nitrogens is 1. The Bertz CT molecular complexity index is 625. The Balaban J connectivity index is 2.00. The fourth-order valence-corrected chi connectivity index (χ4v) is 2.54. The second-order valence-electron chi connectivity index (χ2n) is 4.68. The lowest BCUT2D eigenvalue weighted by Crippen LogP contribution is -2.24. The largest absolute Gasteiger partial charge is 0.323 e. The summed E-state index contributed by atoms with van der Waals surface area (Å²) in [4.78, 5) is 16.6. The summed E-state index contributed by atoms with van der Waals surface area (Å²) in [5.74, 6) is 0.753. The molecular formula is C14H13N3O2. The van der Waals surface area contributed by atoms with Crippen LogP contribution in [0.2, 0.25) is 0 Å². The Kier molecular flexibility index (Phi) is 2.67. The molecule has 0 saturated heterocycles. The summed E-state index contributed by atoms with van der Waals surface area (Å²) in [6.45, 7) is 2.13. The van der Waals surface area contributed by atoms with Crippen LogP contribution in [-0.4, -0.2) is 15.9 Å². The molecule has 1 atom stereocenters. The van der Waals surface area contributed by atoms with Crippen molar-refractivity contribution in [1.82, 2.24) is 4.98 Å². The first-order valence-electron chi connectivity index (χ1n) is 6.14. The summed E-state index contributed by atoms with van der Waals surface area (Å²) >= 11 is 0. The zero-order chi connectivity index (χ0) is 13.4. The molecule has 0 bridgehead atoms. The normalized spacial score (nSPS) is 17.3. The molecule has 0 radical (unpaired) electrons. The Morgan fingerprint density at radius 1 is 1.32 bits per heavy atom. The van der Waals surface area contributed by atoms with Gasteiger partial charge >= 0.3 is 0 Å². The lowest BCUT2D eigenvalue weighted by molar-refractivity contribution is -0.385. The van der Waals surface area contributed by atoms with Crippen molar-refractivity contribution in [2.75, 3.05) is 4.90 Å². The zero-order valence-electron chi connectivity index (χ0n) is 10.5. The van der Waals surface area contributed by atoms with Crippen LogP contribution in [0.1, 0.15) is 12.5 Å². The van der Waals surface area contributed by atoms with Crippen molar-refractivity contribution in [3.05, 3.63) is 58.3 Å². The van der Waals surface area contributed by atoms with Gasteiger partial charge in [0.25, 0.3) is 5.69 Å². The van der Waals surface area contributed by atoms with Crippen LogP contribution in [0.4, 0.5) is 17.2 Å². The smallest absolute Gasteiger partial charge is 0.287 e. The van der Waals surface area contributed by atoms with Gasteiger partial charge in [-0.1, -0.05) is 18.2 Å². The van der Waals surface area contributed by atoms with E-state index < -0.39 is 4.92 Å². The first-order chi connectivity index (χ1) is 9.16. The first-order valence-corrected chi connectivity index (χ1v) is 6.14. The number of fused-ring (bicyclic) bond motifs is 1. The van der Waals surface area contributed by atoms with E-state index in [4.69, 9.17) is 0 Å². The maximum atomic E-state index is 10.6. The van der Waals surface area contributed by atoms with Gasteiger partial charge in [0.15, 0.2) is 0 Å². The van der Waals surface area contributed by atoms with Gasteiger partial charge in [-0.3, -0.25) is 10.1 Å². The SMILES string of the molecule is CC1Cc2ccccc2N1c1ccc([N+](=O)[O-])cn1. The van der Waals surface area contributed by atoms with Crippen molar-refractivity contribution in [3.8, 4) is 0 Å². The van der Waals surface area contributed by atoms with Gasteiger partial charge in [-0.25, -0.2) is 4.98 Å². The van der Waals surface area contributed by atoms with Gasteiger partial charge in [0.1, 0.15) is 12.0 Å². The van der Waals surface area contributed by atoms with Crippen molar-refractivity contribution < 1.29 is 4.92 Å². The maximum Gasteiger partial charge on any atom is 0.287 e. The number of anilines is 2. The van der Waals surface area contributed by atoms with Crippen LogP contribution in [0.15, 0.2) is 42.6 Å². The number of rotatable bonds is 2. The molecule has 19 heavy (non-hydrogen) atoms. The second-order valence-corrected chi connectivity index (χ2v) is 4.68. The summed E-state index contributed by atoms with van der Waals surface area (Å²) in [7, 11) is 0. The minimum absolute atomic E-state index is 0.0175. The van der Waals surface area contributed by atoms with Crippen molar-refractivity contribution in [2.24, 2.45) is 0 Å². The van der Waals surface area contributed by atoms with Crippen molar-refractivity contribution >= 4 is 17.2 Å². The molecule has 96 valence electrons. The van der Waals surface area contributed by atoms with Gasteiger partial charge in [0.05, 0.1) is 4.92 Å². The highest BCUT2D eigenvalue weighted by Gasteiger charge is 2.27. The molecular weight excluding hydrogens is 242 g/mol. The predicted molar refractivity (Wildman–Crippen MR) is 72.6 cm³/mol. The topological polar surface area (TPSA) is 59.3 Å². The quantitative estimate of drug-likeness (QED) is 0.611. The molecule has 5 nitrogen and oxygen atoms in total. The van der Waals surface area contributed by atoms with E-state index in [0.29, 0.717) is 6.04 Å². The molecule has 0 N–H and O–H groups in total. The van der Waals surface area contributed by atoms with Gasteiger partial charge in [-0.05, 0) is 31.0 Å². The van der Waals surface area contributed by atoms with Gasteiger partial charge in [-0.15, -0.1) is 0 Å². The van der Waals surface area contributed by atoms with Crippen LogP contribution in [0.5, 0.6) is 0 Å². The number of hydrogen-bond acceptors (Lipinski definition) is 4. The molecule has 1 aliphatic heterocycles. The number of pyridine rings is 1. The lowest BCUT2D eigenvalue weighted by atomic mass is 10.1. The minimum atomic E-state index is -0.432. The number of nitrogens with zero attached hydrogens (tertiary/aromatic N) is 3. The fraction of sp³-hybridized carbons (Fsp3) is 0.214. The van der Waals surface area contributed by atoms with Gasteiger partial charge in [0, 0.05) is 17.8 Å². The van der Waals surface area contributed by atoms with Crippen LogP contribution in [0.3, 0.4) is 0 Å². The molecule has 0 aliphatic carbocycles. The highest BCUT2D eigenvalue weighted by Crippen LogP contribution is 2.37. The summed E-state index contributed by atoms with van der Waals surface area (Å²) < 4.78 is 0. The standard InChI is InChI=1S/C14H13N3O2/c1-10-8-11-4-2-3-5-13(11)16(10)14-7-6-12(9-15-14)17(18)19/h2-7,9-10H,8H2,1H3. The highest BCUT2D eigenvalue weighted by molar-refractivity contribution is 5.69. The molecule has 0 amide bonds. The average Bonchev–Trinajstić information content (AvgIpc) is 2.74. The van der Waals surface area contributed by atoms with Gasteiger partial charge in [-0.2, -0.15) is 0 Å². The third kappa shape index (κ3) is 1.93. The minimum Gasteiger partial charge on any atom is -0.323 e. The maximum absolute atomic E-state index is 10.6. The molecule has 3 rings (SSSR count). The highest BCUT2D eigenvalue weighted by atomic mass is 16.6. The molecule has 5 heteroatoms. The van der Waals surface area contributed by atoms with E-state index in [0.717, 1.165) is 17.9 Å². The van der Waals surface area contributed by atoms with Crippen LogP contribution in [0.25, 0.3) is 0 Å². The molecule has 0 fully saturated rings. The van der Waals surface area contributed by atoms with Gasteiger partial charge in [0.2, 0.25) is 0 Å². The van der Waals surface area contributed by atoms with E-state index in [-0.39, 0.29) is 5.69 Å². The third-order valence-electron chi connectivity index (χ3n) is 3.40. The van der Waals surface area contributed by atoms with Crippen molar-refractivity contribution in [3.63, 3.8) is 0 Å². The van der Waals surface area contributed by atoms with E-state index >= 15 is 0 Å². The summed E-state index contributed by atoms with van der Waals surface area (Å²) in [6, 6.07) is 11.7. The number of nitro groups is 1. The Hall–Kier alpha value is -2.43. The van der Waals surface area contributed by atoms with Crippen LogP contribution < -0.4 is 4.90 Å². The van der Waals surface area contributed by atoms with E-state index in [2.05, 4.69) is 28.9 Å². The molecule has 0 spiro atoms. The number of benzene rings is 1. The number of para-hydroxylation sites is 1. The molecule has 2 aromatic rings. The van der Waals surface area contributed by atoms with Crippen molar-refractivity contribution in [1.29, 1.82) is 0 Å². The van der Waals surface area contributed by atoms with E-state index in [1.54, 1.807) is 6.07 Å². The summed E-state index contributed by atoms with van der Waals surface area (Å²) in [5, 5.41) is 10.6. The molecule has 1 aromatic carbocycles. The van der Waals surface area contributed by atoms with Crippen molar-refractivity contribution in [2.45, 2.75) is 19.4 Å². The molecule has 1 aromatic heterocycles. The third-order valence-corrected chi connectivity index (χ3v) is 3.40. The fourth-order valence-electron chi connectivity index (χ4n) is 2.54. The lowest BCUT2D eigenvalue weighted by Gasteiger charge is -2.23. The second kappa shape index (κ2) is 4.35. The Morgan fingerprint density at radius 3 is 2.79 bits per heavy atom. The number of hydrogen-bond donors (Lipinski definition) is 0. The molecule has 2 heterocycles. The summed E-state index contributed by atoms with van der Waals surface area (Å²) in [6.07, 6.45) is 2.28. The van der Waals surface area contributed by atoms with Gasteiger partial charge < -0.3 is 4.90 Å². The van der Waals surface area contributed by atoms with E-state index in [1.165, 1.54) is 17.8 Å². The van der Waals surface area contributed by atoms with Crippen LogP contribution in [0, 0.1) is 10.1 Å². The Morgan fingerprint density at radius 2 is 2.11 bits per heavy atom. The van der Waals surface area contributed by atoms with Crippen LogP contribution in [-0.2, 0) is 6.42 Å². The summed E-state index contributed by atoms with van der Waals surface area (Å²) in [5.41, 5.74) is 2.44. The van der Waals surface area contributed by atoms with E-state index in [1.807, 2.05) is 12.1 Å². The zero-order valence-corrected chi connectivity index (χ0v) is 10.5. The van der Waals surface area contributed by atoms with E-state index in [9.17, 15) is 10.1 Å². The van der Waals surface area contributed by atoms with Crippen LogP contribution >= 0.6 is 0 Å². The first kappa shape index (κ1) is 11.6. The monoisotopic (exact) mass is 255 g/mol. The molecule has 0 saturated carbocycles.